The van der Waals surface area contributed by atoms with E-state index in [0.717, 1.165) is 34.9 Å². The van der Waals surface area contributed by atoms with Crippen LogP contribution in [0.3, 0.4) is 0 Å². The summed E-state index contributed by atoms with van der Waals surface area (Å²) >= 11 is 1.60. The van der Waals surface area contributed by atoms with Crippen molar-refractivity contribution < 1.29 is 4.79 Å². The van der Waals surface area contributed by atoms with Crippen LogP contribution in [0.2, 0.25) is 0 Å². The van der Waals surface area contributed by atoms with Crippen molar-refractivity contribution in [3.8, 4) is 0 Å². The van der Waals surface area contributed by atoms with Crippen LogP contribution >= 0.6 is 11.3 Å². The Bertz CT molecular complexity index is 895. The standard InChI is InChI=1S/C19H24N4O2S/c1-12-21-14-8-11-23(10-7-13(14)18(24)22(12)2)19(25)17-6-5-16(26-17)15-4-3-9-20-15/h5-6,15,20H,3-4,7-11H2,1-2H3. The average Bonchev–Trinajstić information content (AvgIpc) is 3.28. The number of fused-ring (bicyclic) bond motifs is 1. The molecule has 2 aliphatic heterocycles. The third-order valence-corrected chi connectivity index (χ3v) is 6.66. The lowest BCUT2D eigenvalue weighted by Gasteiger charge is -2.19. The molecule has 6 nitrogen and oxygen atoms in total. The highest BCUT2D eigenvalue weighted by atomic mass is 32.1. The van der Waals surface area contributed by atoms with Gasteiger partial charge in [0.15, 0.2) is 0 Å². The monoisotopic (exact) mass is 372 g/mol. The summed E-state index contributed by atoms with van der Waals surface area (Å²) in [6.07, 6.45) is 3.54. The fraction of sp³-hybridized carbons (Fsp3) is 0.526. The van der Waals surface area contributed by atoms with Gasteiger partial charge >= 0.3 is 0 Å². The number of carbonyl (C=O) groups excluding carboxylic acids is 1. The van der Waals surface area contributed by atoms with E-state index in [2.05, 4.69) is 16.4 Å². The minimum Gasteiger partial charge on any atom is -0.337 e. The zero-order chi connectivity index (χ0) is 18.3. The first-order valence-corrected chi connectivity index (χ1v) is 10.0. The van der Waals surface area contributed by atoms with E-state index in [4.69, 9.17) is 0 Å². The Morgan fingerprint density at radius 1 is 1.31 bits per heavy atom. The zero-order valence-corrected chi connectivity index (χ0v) is 16.1. The fourth-order valence-electron chi connectivity index (χ4n) is 3.81. The van der Waals surface area contributed by atoms with Crippen LogP contribution < -0.4 is 10.9 Å². The summed E-state index contributed by atoms with van der Waals surface area (Å²) in [5.74, 6) is 0.793. The van der Waals surface area contributed by atoms with Crippen LogP contribution in [-0.2, 0) is 19.9 Å². The van der Waals surface area contributed by atoms with Gasteiger partial charge in [-0.1, -0.05) is 0 Å². The number of rotatable bonds is 2. The summed E-state index contributed by atoms with van der Waals surface area (Å²) in [5.41, 5.74) is 1.63. The molecule has 2 aromatic rings. The molecule has 0 radical (unpaired) electrons. The van der Waals surface area contributed by atoms with Crippen LogP contribution in [-0.4, -0.2) is 40.0 Å². The SMILES string of the molecule is Cc1nc2c(c(=O)n1C)CCN(C(=O)c1ccc(C3CCCN3)s1)CC2. The van der Waals surface area contributed by atoms with E-state index in [1.54, 1.807) is 23.0 Å². The van der Waals surface area contributed by atoms with Gasteiger partial charge in [-0.3, -0.25) is 14.2 Å². The molecule has 1 unspecified atom stereocenters. The fourth-order valence-corrected chi connectivity index (χ4v) is 4.90. The molecule has 1 amide bonds. The highest BCUT2D eigenvalue weighted by Gasteiger charge is 2.25. The second kappa shape index (κ2) is 6.96. The summed E-state index contributed by atoms with van der Waals surface area (Å²) in [6.45, 7) is 4.08. The van der Waals surface area contributed by atoms with E-state index in [1.165, 1.54) is 11.3 Å². The van der Waals surface area contributed by atoms with Crippen LogP contribution in [0, 0.1) is 6.92 Å². The smallest absolute Gasteiger partial charge is 0.263 e. The molecule has 2 aromatic heterocycles. The first kappa shape index (κ1) is 17.4. The Kier molecular flexibility index (Phi) is 4.67. The maximum absolute atomic E-state index is 13.0. The maximum Gasteiger partial charge on any atom is 0.263 e. The van der Waals surface area contributed by atoms with Crippen molar-refractivity contribution in [2.75, 3.05) is 19.6 Å². The molecule has 26 heavy (non-hydrogen) atoms. The van der Waals surface area contributed by atoms with Gasteiger partial charge in [-0.25, -0.2) is 4.98 Å². The van der Waals surface area contributed by atoms with E-state index in [-0.39, 0.29) is 11.5 Å². The lowest BCUT2D eigenvalue weighted by atomic mass is 10.1. The number of carbonyl (C=O) groups is 1. The number of aryl methyl sites for hydroxylation is 1. The van der Waals surface area contributed by atoms with Gasteiger partial charge in [-0.05, 0) is 44.9 Å². The minimum atomic E-state index is 0.0208. The Morgan fingerprint density at radius 2 is 2.12 bits per heavy atom. The molecule has 0 saturated carbocycles. The first-order valence-electron chi connectivity index (χ1n) is 9.22. The molecule has 4 rings (SSSR count). The van der Waals surface area contributed by atoms with Gasteiger partial charge < -0.3 is 10.2 Å². The first-order chi connectivity index (χ1) is 12.5. The van der Waals surface area contributed by atoms with Crippen molar-refractivity contribution in [1.82, 2.24) is 19.8 Å². The summed E-state index contributed by atoms with van der Waals surface area (Å²) in [6, 6.07) is 4.42. The summed E-state index contributed by atoms with van der Waals surface area (Å²) in [7, 11) is 1.75. The molecule has 2 aliphatic rings. The van der Waals surface area contributed by atoms with Crippen molar-refractivity contribution in [1.29, 1.82) is 0 Å². The topological polar surface area (TPSA) is 67.2 Å². The van der Waals surface area contributed by atoms with E-state index < -0.39 is 0 Å². The second-order valence-electron chi connectivity index (χ2n) is 7.09. The van der Waals surface area contributed by atoms with E-state index >= 15 is 0 Å². The van der Waals surface area contributed by atoms with Gasteiger partial charge in [-0.2, -0.15) is 0 Å². The largest absolute Gasteiger partial charge is 0.337 e. The quantitative estimate of drug-likeness (QED) is 0.873. The van der Waals surface area contributed by atoms with E-state index in [1.807, 2.05) is 17.9 Å². The van der Waals surface area contributed by atoms with Gasteiger partial charge in [-0.15, -0.1) is 11.3 Å². The highest BCUT2D eigenvalue weighted by Crippen LogP contribution is 2.30. The molecule has 1 atom stereocenters. The Hall–Kier alpha value is -1.99. The number of hydrogen-bond donors (Lipinski definition) is 1. The number of nitrogens with zero attached hydrogens (tertiary/aromatic N) is 3. The van der Waals surface area contributed by atoms with Crippen LogP contribution in [0.1, 0.15) is 50.5 Å². The van der Waals surface area contributed by atoms with Gasteiger partial charge in [0.25, 0.3) is 11.5 Å². The van der Waals surface area contributed by atoms with Crippen LogP contribution in [0.15, 0.2) is 16.9 Å². The van der Waals surface area contributed by atoms with Gasteiger partial charge in [0.1, 0.15) is 5.82 Å². The number of nitrogens with one attached hydrogen (secondary N) is 1. The maximum atomic E-state index is 13.0. The average molecular weight is 372 g/mol. The van der Waals surface area contributed by atoms with Crippen LogP contribution in [0.25, 0.3) is 0 Å². The zero-order valence-electron chi connectivity index (χ0n) is 15.2. The molecule has 4 heterocycles. The molecule has 0 bridgehead atoms. The van der Waals surface area contributed by atoms with Gasteiger partial charge in [0.05, 0.1) is 10.6 Å². The second-order valence-corrected chi connectivity index (χ2v) is 8.21. The molecule has 1 saturated heterocycles. The summed E-state index contributed by atoms with van der Waals surface area (Å²) in [4.78, 5) is 33.9. The molecule has 0 aliphatic carbocycles. The van der Waals surface area contributed by atoms with Crippen molar-refractivity contribution in [3.63, 3.8) is 0 Å². The number of aromatic nitrogens is 2. The minimum absolute atomic E-state index is 0.0208. The van der Waals surface area contributed by atoms with Crippen molar-refractivity contribution in [2.24, 2.45) is 7.05 Å². The molecule has 1 N–H and O–H groups in total. The molecular weight excluding hydrogens is 348 g/mol. The number of hydrogen-bond acceptors (Lipinski definition) is 5. The van der Waals surface area contributed by atoms with Crippen molar-refractivity contribution in [2.45, 2.75) is 38.6 Å². The lowest BCUT2D eigenvalue weighted by molar-refractivity contribution is 0.0767. The third kappa shape index (κ3) is 3.10. The van der Waals surface area contributed by atoms with E-state index in [0.29, 0.717) is 32.0 Å². The normalized spacial score (nSPS) is 20.1. The molecule has 1 fully saturated rings. The van der Waals surface area contributed by atoms with Gasteiger partial charge in [0.2, 0.25) is 0 Å². The Labute approximate surface area is 156 Å². The van der Waals surface area contributed by atoms with E-state index in [9.17, 15) is 9.59 Å². The lowest BCUT2D eigenvalue weighted by Crippen LogP contribution is -2.33. The highest BCUT2D eigenvalue weighted by molar-refractivity contribution is 7.14. The predicted octanol–water partition coefficient (Wildman–Crippen LogP) is 1.82. The van der Waals surface area contributed by atoms with Crippen molar-refractivity contribution in [3.05, 3.63) is 49.3 Å². The molecule has 138 valence electrons. The van der Waals surface area contributed by atoms with Crippen LogP contribution in [0.5, 0.6) is 0 Å². The predicted molar refractivity (Wildman–Crippen MR) is 102 cm³/mol. The summed E-state index contributed by atoms with van der Waals surface area (Å²) < 4.78 is 1.59. The molecule has 0 aromatic carbocycles. The summed E-state index contributed by atoms with van der Waals surface area (Å²) in [5, 5.41) is 3.48. The van der Waals surface area contributed by atoms with Crippen molar-refractivity contribution >= 4 is 17.2 Å². The number of thiophene rings is 1. The third-order valence-electron chi connectivity index (χ3n) is 5.47. The Morgan fingerprint density at radius 3 is 2.88 bits per heavy atom. The molecular formula is C19H24N4O2S. The molecule has 0 spiro atoms. The van der Waals surface area contributed by atoms with Gasteiger partial charge in [0, 0.05) is 43.0 Å². The number of amides is 1. The Balaban J connectivity index is 1.52. The molecule has 7 heteroatoms. The van der Waals surface area contributed by atoms with Crippen LogP contribution in [0.4, 0.5) is 0 Å².